The van der Waals surface area contributed by atoms with Crippen molar-refractivity contribution in [2.75, 3.05) is 33.2 Å². The second kappa shape index (κ2) is 8.13. The molecule has 0 aliphatic carbocycles. The van der Waals surface area contributed by atoms with Crippen molar-refractivity contribution in [3.63, 3.8) is 0 Å². The lowest BCUT2D eigenvalue weighted by molar-refractivity contribution is -0.146. The van der Waals surface area contributed by atoms with Gasteiger partial charge in [0, 0.05) is 26.1 Å². The van der Waals surface area contributed by atoms with Crippen molar-refractivity contribution in [2.24, 2.45) is 5.92 Å². The van der Waals surface area contributed by atoms with Gasteiger partial charge < -0.3 is 14.5 Å². The van der Waals surface area contributed by atoms with E-state index in [4.69, 9.17) is 4.74 Å². The summed E-state index contributed by atoms with van der Waals surface area (Å²) in [6.07, 6.45) is 4.49. The lowest BCUT2D eigenvalue weighted by Gasteiger charge is -2.39. The van der Waals surface area contributed by atoms with Crippen LogP contribution >= 0.6 is 0 Å². The summed E-state index contributed by atoms with van der Waals surface area (Å²) in [6, 6.07) is 8.31. The normalized spacial score (nSPS) is 22.4. The molecule has 1 amide bonds. The SMILES string of the molecule is Cc1ccccc1COC1CN(C(=O)CC[C@H]2CCCN(C)C2)C1. The molecule has 0 spiro atoms. The third kappa shape index (κ3) is 4.58. The second-order valence-electron chi connectivity index (χ2n) is 7.47. The van der Waals surface area contributed by atoms with Crippen LogP contribution in [0.1, 0.15) is 36.8 Å². The van der Waals surface area contributed by atoms with Gasteiger partial charge in [0.25, 0.3) is 0 Å². The van der Waals surface area contributed by atoms with Crippen LogP contribution in [-0.4, -0.2) is 55.0 Å². The zero-order valence-corrected chi connectivity index (χ0v) is 15.0. The van der Waals surface area contributed by atoms with Crippen LogP contribution in [0.2, 0.25) is 0 Å². The number of nitrogens with zero attached hydrogens (tertiary/aromatic N) is 2. The maximum Gasteiger partial charge on any atom is 0.222 e. The number of amides is 1. The first-order chi connectivity index (χ1) is 11.6. The highest BCUT2D eigenvalue weighted by molar-refractivity contribution is 5.77. The van der Waals surface area contributed by atoms with E-state index in [1.807, 2.05) is 17.0 Å². The van der Waals surface area contributed by atoms with Crippen molar-refractivity contribution in [3.8, 4) is 0 Å². The van der Waals surface area contributed by atoms with Crippen LogP contribution in [0.5, 0.6) is 0 Å². The topological polar surface area (TPSA) is 32.8 Å². The molecule has 24 heavy (non-hydrogen) atoms. The van der Waals surface area contributed by atoms with Gasteiger partial charge in [0.15, 0.2) is 0 Å². The zero-order valence-electron chi connectivity index (χ0n) is 15.0. The lowest BCUT2D eigenvalue weighted by atomic mass is 9.93. The molecule has 0 aromatic heterocycles. The van der Waals surface area contributed by atoms with Gasteiger partial charge in [-0.25, -0.2) is 0 Å². The zero-order chi connectivity index (χ0) is 16.9. The summed E-state index contributed by atoms with van der Waals surface area (Å²) < 4.78 is 5.93. The molecule has 1 aromatic rings. The van der Waals surface area contributed by atoms with Crippen molar-refractivity contribution in [1.29, 1.82) is 0 Å². The summed E-state index contributed by atoms with van der Waals surface area (Å²) in [6.45, 7) is 6.63. The molecule has 2 aliphatic heterocycles. The fraction of sp³-hybridized carbons (Fsp3) is 0.650. The summed E-state index contributed by atoms with van der Waals surface area (Å²) in [4.78, 5) is 16.6. The van der Waals surface area contributed by atoms with E-state index in [1.54, 1.807) is 0 Å². The molecule has 3 rings (SSSR count). The Kier molecular flexibility index (Phi) is 5.90. The molecule has 0 bridgehead atoms. The number of carbonyl (C=O) groups excluding carboxylic acids is 1. The predicted molar refractivity (Wildman–Crippen MR) is 95.8 cm³/mol. The van der Waals surface area contributed by atoms with Crippen molar-refractivity contribution < 1.29 is 9.53 Å². The van der Waals surface area contributed by atoms with E-state index in [0.717, 1.165) is 26.1 Å². The van der Waals surface area contributed by atoms with Crippen LogP contribution in [0.15, 0.2) is 24.3 Å². The Morgan fingerprint density at radius 1 is 1.25 bits per heavy atom. The van der Waals surface area contributed by atoms with E-state index < -0.39 is 0 Å². The standard InChI is InChI=1S/C20H30N2O2/c1-16-6-3-4-8-18(16)15-24-19-13-22(14-19)20(23)10-9-17-7-5-11-21(2)12-17/h3-4,6,8,17,19H,5,7,9-15H2,1-2H3/t17-/m1/s1. The molecule has 2 aliphatic rings. The first-order valence-electron chi connectivity index (χ1n) is 9.24. The largest absolute Gasteiger partial charge is 0.370 e. The minimum Gasteiger partial charge on any atom is -0.370 e. The number of hydrogen-bond donors (Lipinski definition) is 0. The number of aryl methyl sites for hydroxylation is 1. The number of hydrogen-bond acceptors (Lipinski definition) is 3. The Balaban J connectivity index is 1.32. The molecule has 4 nitrogen and oxygen atoms in total. The summed E-state index contributed by atoms with van der Waals surface area (Å²) in [5.74, 6) is 1.00. The number of rotatable bonds is 6. The number of benzene rings is 1. The molecule has 2 heterocycles. The second-order valence-corrected chi connectivity index (χ2v) is 7.47. The van der Waals surface area contributed by atoms with Gasteiger partial charge in [-0.1, -0.05) is 24.3 Å². The van der Waals surface area contributed by atoms with Crippen LogP contribution in [0.4, 0.5) is 0 Å². The quantitative estimate of drug-likeness (QED) is 0.804. The number of carbonyl (C=O) groups is 1. The fourth-order valence-corrected chi connectivity index (χ4v) is 3.72. The minimum absolute atomic E-state index is 0.203. The van der Waals surface area contributed by atoms with Crippen molar-refractivity contribution in [3.05, 3.63) is 35.4 Å². The highest BCUT2D eigenvalue weighted by Gasteiger charge is 2.31. The molecule has 0 saturated carbocycles. The van der Waals surface area contributed by atoms with Crippen LogP contribution in [0.3, 0.4) is 0 Å². The number of likely N-dealkylation sites (tertiary alicyclic amines) is 2. The molecule has 1 aromatic carbocycles. The van der Waals surface area contributed by atoms with Crippen LogP contribution in [-0.2, 0) is 16.1 Å². The Morgan fingerprint density at radius 3 is 2.79 bits per heavy atom. The molecular formula is C20H30N2O2. The van der Waals surface area contributed by atoms with E-state index in [-0.39, 0.29) is 6.10 Å². The van der Waals surface area contributed by atoms with Crippen LogP contribution in [0.25, 0.3) is 0 Å². The van der Waals surface area contributed by atoms with E-state index in [1.165, 1.54) is 30.5 Å². The highest BCUT2D eigenvalue weighted by atomic mass is 16.5. The molecule has 0 radical (unpaired) electrons. The molecule has 132 valence electrons. The molecule has 1 atom stereocenters. The molecule has 2 saturated heterocycles. The Bertz CT molecular complexity index is 554. The maximum absolute atomic E-state index is 12.3. The highest BCUT2D eigenvalue weighted by Crippen LogP contribution is 2.22. The first kappa shape index (κ1) is 17.4. The van der Waals surface area contributed by atoms with Gasteiger partial charge in [0.05, 0.1) is 12.7 Å². The Labute approximate surface area is 145 Å². The van der Waals surface area contributed by atoms with Gasteiger partial charge in [-0.15, -0.1) is 0 Å². The average molecular weight is 330 g/mol. The first-order valence-corrected chi connectivity index (χ1v) is 9.24. The van der Waals surface area contributed by atoms with Crippen molar-refractivity contribution >= 4 is 5.91 Å². The third-order valence-electron chi connectivity index (χ3n) is 5.43. The lowest BCUT2D eigenvalue weighted by Crippen LogP contribution is -2.54. The van der Waals surface area contributed by atoms with Gasteiger partial charge in [0.1, 0.15) is 0 Å². The molecule has 2 fully saturated rings. The summed E-state index contributed by atoms with van der Waals surface area (Å²) in [5.41, 5.74) is 2.51. The van der Waals surface area contributed by atoms with Gasteiger partial charge in [-0.05, 0) is 56.8 Å². The van der Waals surface area contributed by atoms with Crippen molar-refractivity contribution in [2.45, 2.75) is 45.3 Å². The van der Waals surface area contributed by atoms with Crippen molar-refractivity contribution in [1.82, 2.24) is 9.80 Å². The monoisotopic (exact) mass is 330 g/mol. The third-order valence-corrected chi connectivity index (χ3v) is 5.43. The Morgan fingerprint density at radius 2 is 2.04 bits per heavy atom. The molecular weight excluding hydrogens is 300 g/mol. The predicted octanol–water partition coefficient (Wildman–Crippen LogP) is 2.84. The summed E-state index contributed by atoms with van der Waals surface area (Å²) in [5, 5.41) is 0. The van der Waals surface area contributed by atoms with E-state index >= 15 is 0 Å². The van der Waals surface area contributed by atoms with E-state index in [9.17, 15) is 4.79 Å². The smallest absolute Gasteiger partial charge is 0.222 e. The molecule has 0 N–H and O–H groups in total. The number of ether oxygens (including phenoxy) is 1. The fourth-order valence-electron chi connectivity index (χ4n) is 3.72. The van der Waals surface area contributed by atoms with Crippen LogP contribution in [0, 0.1) is 12.8 Å². The summed E-state index contributed by atoms with van der Waals surface area (Å²) in [7, 11) is 2.18. The van der Waals surface area contributed by atoms with Gasteiger partial charge in [0.2, 0.25) is 5.91 Å². The maximum atomic E-state index is 12.3. The molecule has 0 unspecified atom stereocenters. The number of piperidine rings is 1. The average Bonchev–Trinajstić information content (AvgIpc) is 2.53. The molecule has 4 heteroatoms. The minimum atomic E-state index is 0.203. The van der Waals surface area contributed by atoms with Gasteiger partial charge in [-0.2, -0.15) is 0 Å². The van der Waals surface area contributed by atoms with E-state index in [0.29, 0.717) is 24.9 Å². The Hall–Kier alpha value is -1.39. The van der Waals surface area contributed by atoms with Gasteiger partial charge >= 0.3 is 0 Å². The summed E-state index contributed by atoms with van der Waals surface area (Å²) >= 11 is 0. The van der Waals surface area contributed by atoms with Crippen LogP contribution < -0.4 is 0 Å². The van der Waals surface area contributed by atoms with E-state index in [2.05, 4.69) is 31.0 Å². The van der Waals surface area contributed by atoms with Gasteiger partial charge in [-0.3, -0.25) is 4.79 Å².